The molecule has 0 spiro atoms. The number of rotatable bonds is 8. The van der Waals surface area contributed by atoms with Gasteiger partial charge >= 0.3 is 0 Å². The molecule has 0 heterocycles. The van der Waals surface area contributed by atoms with E-state index in [0.29, 0.717) is 23.1 Å². The molecule has 0 atom stereocenters. The van der Waals surface area contributed by atoms with E-state index in [2.05, 4.69) is 10.5 Å². The fourth-order valence-electron chi connectivity index (χ4n) is 2.52. The molecule has 0 saturated heterocycles. The molecule has 6 heteroatoms. The summed E-state index contributed by atoms with van der Waals surface area (Å²) in [5.74, 6) is 0.962. The van der Waals surface area contributed by atoms with Crippen molar-refractivity contribution in [3.63, 3.8) is 0 Å². The first-order valence-corrected chi connectivity index (χ1v) is 9.45. The highest BCUT2D eigenvalue weighted by Crippen LogP contribution is 2.18. The van der Waals surface area contributed by atoms with Gasteiger partial charge in [-0.1, -0.05) is 48.0 Å². The van der Waals surface area contributed by atoms with Gasteiger partial charge in [-0.2, -0.15) is 5.10 Å². The molecule has 0 saturated carbocycles. The van der Waals surface area contributed by atoms with Gasteiger partial charge in [0.05, 0.1) is 6.21 Å². The number of carbonyl (C=O) groups excluding carboxylic acids is 1. The van der Waals surface area contributed by atoms with Crippen molar-refractivity contribution in [2.24, 2.45) is 5.10 Å². The van der Waals surface area contributed by atoms with Crippen molar-refractivity contribution in [3.05, 3.63) is 94.5 Å². The van der Waals surface area contributed by atoms with Gasteiger partial charge in [0.1, 0.15) is 18.1 Å². The third-order valence-corrected chi connectivity index (χ3v) is 4.23. The Labute approximate surface area is 174 Å². The van der Waals surface area contributed by atoms with E-state index in [1.807, 2.05) is 73.7 Å². The standard InChI is InChI=1S/C23H21ClN2O3/c1-17-5-4-7-21(13-17)28-16-23(27)26-25-14-19-6-2-3-8-22(19)29-15-18-9-11-20(24)12-10-18/h2-14H,15-16H2,1H3,(H,26,27)/b25-14+. The Hall–Kier alpha value is -3.31. The van der Waals surface area contributed by atoms with Crippen molar-refractivity contribution in [3.8, 4) is 11.5 Å². The van der Waals surface area contributed by atoms with Crippen LogP contribution >= 0.6 is 11.6 Å². The van der Waals surface area contributed by atoms with Gasteiger partial charge in [0.25, 0.3) is 5.91 Å². The molecule has 29 heavy (non-hydrogen) atoms. The van der Waals surface area contributed by atoms with Crippen LogP contribution in [0.3, 0.4) is 0 Å². The Bertz CT molecular complexity index is 987. The maximum atomic E-state index is 11.9. The molecule has 1 amide bonds. The van der Waals surface area contributed by atoms with Crippen molar-refractivity contribution < 1.29 is 14.3 Å². The van der Waals surface area contributed by atoms with Gasteiger partial charge in [-0.15, -0.1) is 0 Å². The van der Waals surface area contributed by atoms with Crippen LogP contribution in [0.5, 0.6) is 11.5 Å². The molecule has 0 unspecified atom stereocenters. The molecule has 0 radical (unpaired) electrons. The number of para-hydroxylation sites is 1. The average molecular weight is 409 g/mol. The minimum Gasteiger partial charge on any atom is -0.488 e. The van der Waals surface area contributed by atoms with Gasteiger partial charge in [-0.25, -0.2) is 5.43 Å². The predicted molar refractivity (Wildman–Crippen MR) is 115 cm³/mol. The number of halogens is 1. The number of hydrogen-bond donors (Lipinski definition) is 1. The zero-order valence-corrected chi connectivity index (χ0v) is 16.7. The number of hydrogen-bond acceptors (Lipinski definition) is 4. The minimum atomic E-state index is -0.345. The van der Waals surface area contributed by atoms with E-state index in [0.717, 1.165) is 16.7 Å². The number of nitrogens with zero attached hydrogens (tertiary/aromatic N) is 1. The van der Waals surface area contributed by atoms with E-state index in [4.69, 9.17) is 21.1 Å². The largest absolute Gasteiger partial charge is 0.488 e. The smallest absolute Gasteiger partial charge is 0.277 e. The molecule has 0 aromatic heterocycles. The second-order valence-corrected chi connectivity index (χ2v) is 6.79. The predicted octanol–water partition coefficient (Wildman–Crippen LogP) is 4.76. The Kier molecular flexibility index (Phi) is 7.25. The molecular weight excluding hydrogens is 388 g/mol. The summed E-state index contributed by atoms with van der Waals surface area (Å²) in [4.78, 5) is 11.9. The first kappa shape index (κ1) is 20.4. The second-order valence-electron chi connectivity index (χ2n) is 6.35. The lowest BCUT2D eigenvalue weighted by atomic mass is 10.2. The molecule has 3 aromatic rings. The molecule has 148 valence electrons. The summed E-state index contributed by atoms with van der Waals surface area (Å²) in [6, 6.07) is 22.4. The number of carbonyl (C=O) groups is 1. The van der Waals surface area contributed by atoms with E-state index >= 15 is 0 Å². The SMILES string of the molecule is Cc1cccc(OCC(=O)N/N=C/c2ccccc2OCc2ccc(Cl)cc2)c1. The molecule has 1 N–H and O–H groups in total. The molecular formula is C23H21ClN2O3. The van der Waals surface area contributed by atoms with Crippen LogP contribution in [-0.2, 0) is 11.4 Å². The highest BCUT2D eigenvalue weighted by molar-refractivity contribution is 6.30. The lowest BCUT2D eigenvalue weighted by Crippen LogP contribution is -2.24. The van der Waals surface area contributed by atoms with E-state index in [-0.39, 0.29) is 12.5 Å². The van der Waals surface area contributed by atoms with Gasteiger partial charge in [0, 0.05) is 10.6 Å². The summed E-state index contributed by atoms with van der Waals surface area (Å²) in [6.45, 7) is 2.25. The first-order valence-electron chi connectivity index (χ1n) is 9.08. The number of nitrogens with one attached hydrogen (secondary N) is 1. The molecule has 0 fully saturated rings. The third-order valence-electron chi connectivity index (χ3n) is 3.98. The van der Waals surface area contributed by atoms with Gasteiger partial charge in [-0.05, 0) is 54.4 Å². The molecule has 0 aliphatic heterocycles. The highest BCUT2D eigenvalue weighted by Gasteiger charge is 2.04. The molecule has 5 nitrogen and oxygen atoms in total. The van der Waals surface area contributed by atoms with E-state index in [1.165, 1.54) is 0 Å². The zero-order chi connectivity index (χ0) is 20.5. The van der Waals surface area contributed by atoms with Gasteiger partial charge in [0.15, 0.2) is 6.61 Å². The highest BCUT2D eigenvalue weighted by atomic mass is 35.5. The summed E-state index contributed by atoms with van der Waals surface area (Å²) in [6.07, 6.45) is 1.54. The van der Waals surface area contributed by atoms with Crippen LogP contribution in [0.1, 0.15) is 16.7 Å². The Balaban J connectivity index is 1.52. The number of benzene rings is 3. The van der Waals surface area contributed by atoms with Crippen molar-refractivity contribution >= 4 is 23.7 Å². The summed E-state index contributed by atoms with van der Waals surface area (Å²) in [7, 11) is 0. The number of hydrazone groups is 1. The number of aryl methyl sites for hydroxylation is 1. The first-order chi connectivity index (χ1) is 14.1. The van der Waals surface area contributed by atoms with Gasteiger partial charge in [0.2, 0.25) is 0 Å². The Morgan fingerprint density at radius 3 is 2.62 bits per heavy atom. The second kappa shape index (κ2) is 10.3. The van der Waals surface area contributed by atoms with Crippen molar-refractivity contribution in [2.45, 2.75) is 13.5 Å². The quantitative estimate of drug-likeness (QED) is 0.432. The minimum absolute atomic E-state index is 0.116. The zero-order valence-electron chi connectivity index (χ0n) is 16.0. The van der Waals surface area contributed by atoms with Crippen molar-refractivity contribution in [1.82, 2.24) is 5.43 Å². The van der Waals surface area contributed by atoms with Crippen LogP contribution < -0.4 is 14.9 Å². The molecule has 3 rings (SSSR count). The third kappa shape index (κ3) is 6.66. The van der Waals surface area contributed by atoms with Crippen LogP contribution in [0.2, 0.25) is 5.02 Å². The fraction of sp³-hybridized carbons (Fsp3) is 0.130. The van der Waals surface area contributed by atoms with E-state index in [1.54, 1.807) is 12.3 Å². The Morgan fingerprint density at radius 2 is 1.83 bits per heavy atom. The Morgan fingerprint density at radius 1 is 1.03 bits per heavy atom. The lowest BCUT2D eigenvalue weighted by molar-refractivity contribution is -0.123. The summed E-state index contributed by atoms with van der Waals surface area (Å²) >= 11 is 5.90. The monoisotopic (exact) mass is 408 g/mol. The van der Waals surface area contributed by atoms with Crippen LogP contribution in [0.15, 0.2) is 77.9 Å². The maximum absolute atomic E-state index is 11.9. The average Bonchev–Trinajstić information content (AvgIpc) is 2.73. The van der Waals surface area contributed by atoms with Crippen LogP contribution in [-0.4, -0.2) is 18.7 Å². The van der Waals surface area contributed by atoms with Crippen LogP contribution in [0.4, 0.5) is 0 Å². The van der Waals surface area contributed by atoms with Gasteiger partial charge in [-0.3, -0.25) is 4.79 Å². The van der Waals surface area contributed by atoms with Crippen molar-refractivity contribution in [2.75, 3.05) is 6.61 Å². The molecule has 0 aliphatic rings. The normalized spacial score (nSPS) is 10.7. The molecule has 0 bridgehead atoms. The lowest BCUT2D eigenvalue weighted by Gasteiger charge is -2.09. The topological polar surface area (TPSA) is 59.9 Å². The fourth-order valence-corrected chi connectivity index (χ4v) is 2.65. The maximum Gasteiger partial charge on any atom is 0.277 e. The van der Waals surface area contributed by atoms with Gasteiger partial charge < -0.3 is 9.47 Å². The number of amides is 1. The summed E-state index contributed by atoms with van der Waals surface area (Å²) < 4.78 is 11.3. The van der Waals surface area contributed by atoms with E-state index in [9.17, 15) is 4.79 Å². The summed E-state index contributed by atoms with van der Waals surface area (Å²) in [5, 5.41) is 4.68. The number of ether oxygens (including phenoxy) is 2. The molecule has 3 aromatic carbocycles. The van der Waals surface area contributed by atoms with Crippen LogP contribution in [0.25, 0.3) is 0 Å². The van der Waals surface area contributed by atoms with Crippen molar-refractivity contribution in [1.29, 1.82) is 0 Å². The van der Waals surface area contributed by atoms with Crippen LogP contribution in [0, 0.1) is 6.92 Å². The van der Waals surface area contributed by atoms with E-state index < -0.39 is 0 Å². The molecule has 0 aliphatic carbocycles. The summed E-state index contributed by atoms with van der Waals surface area (Å²) in [5.41, 5.74) is 5.28.